The van der Waals surface area contributed by atoms with Crippen LogP contribution in [0.4, 0.5) is 0 Å². The molecule has 16 heavy (non-hydrogen) atoms. The molecule has 0 N–H and O–H groups in total. The van der Waals surface area contributed by atoms with E-state index < -0.39 is 0 Å². The second kappa shape index (κ2) is 4.98. The molecule has 3 nitrogen and oxygen atoms in total. The molecule has 0 aliphatic heterocycles. The topological polar surface area (TPSA) is 45.9 Å². The second-order valence-electron chi connectivity index (χ2n) is 4.35. The minimum absolute atomic E-state index is 0.227. The van der Waals surface area contributed by atoms with Crippen LogP contribution < -0.4 is 4.74 Å². The number of rotatable bonds is 2. The van der Waals surface area contributed by atoms with Crippen molar-refractivity contribution >= 4 is 0 Å². The molecule has 1 heterocycles. The van der Waals surface area contributed by atoms with E-state index in [9.17, 15) is 0 Å². The van der Waals surface area contributed by atoms with E-state index in [-0.39, 0.29) is 12.0 Å². The van der Waals surface area contributed by atoms with E-state index in [4.69, 9.17) is 10.00 Å². The molecule has 0 radical (unpaired) electrons. The fourth-order valence-corrected chi connectivity index (χ4v) is 2.06. The zero-order valence-corrected chi connectivity index (χ0v) is 9.52. The number of hydrogen-bond acceptors (Lipinski definition) is 3. The van der Waals surface area contributed by atoms with E-state index in [1.54, 1.807) is 6.20 Å². The fourth-order valence-electron chi connectivity index (χ4n) is 2.06. The van der Waals surface area contributed by atoms with Crippen molar-refractivity contribution in [2.24, 2.45) is 5.92 Å². The minimum Gasteiger partial charge on any atom is -0.474 e. The summed E-state index contributed by atoms with van der Waals surface area (Å²) >= 11 is 0. The molecule has 0 bridgehead atoms. The smallest absolute Gasteiger partial charge is 0.216 e. The maximum atomic E-state index is 8.81. The van der Waals surface area contributed by atoms with Gasteiger partial charge in [0, 0.05) is 17.7 Å². The van der Waals surface area contributed by atoms with Gasteiger partial charge >= 0.3 is 0 Å². The van der Waals surface area contributed by atoms with E-state index in [1.165, 1.54) is 0 Å². The van der Waals surface area contributed by atoms with Crippen molar-refractivity contribution in [1.29, 1.82) is 5.26 Å². The quantitative estimate of drug-likeness (QED) is 0.763. The van der Waals surface area contributed by atoms with Crippen molar-refractivity contribution in [2.75, 3.05) is 0 Å². The van der Waals surface area contributed by atoms with Gasteiger partial charge in [-0.25, -0.2) is 4.98 Å². The molecule has 0 aromatic carbocycles. The molecular weight excluding hydrogens is 200 g/mol. The van der Waals surface area contributed by atoms with E-state index in [2.05, 4.69) is 11.1 Å². The molecule has 0 spiro atoms. The molecule has 1 fully saturated rings. The number of aryl methyl sites for hydroxylation is 1. The van der Waals surface area contributed by atoms with E-state index in [0.29, 0.717) is 0 Å². The Balaban J connectivity index is 1.93. The third-order valence-corrected chi connectivity index (χ3v) is 3.10. The van der Waals surface area contributed by atoms with Crippen LogP contribution in [0, 0.1) is 24.2 Å². The lowest BCUT2D eigenvalue weighted by Gasteiger charge is -2.25. The van der Waals surface area contributed by atoms with Gasteiger partial charge in [-0.1, -0.05) is 6.07 Å². The van der Waals surface area contributed by atoms with Gasteiger partial charge in [-0.05, 0) is 38.7 Å². The van der Waals surface area contributed by atoms with Crippen LogP contribution >= 0.6 is 0 Å². The van der Waals surface area contributed by atoms with Gasteiger partial charge in [0.15, 0.2) is 0 Å². The number of aromatic nitrogens is 1. The number of ether oxygens (including phenoxy) is 1. The zero-order chi connectivity index (χ0) is 11.4. The molecule has 2 rings (SSSR count). The lowest BCUT2D eigenvalue weighted by atomic mass is 9.88. The van der Waals surface area contributed by atoms with Gasteiger partial charge < -0.3 is 4.74 Å². The van der Waals surface area contributed by atoms with Crippen LogP contribution in [0.3, 0.4) is 0 Å². The SMILES string of the molecule is Cc1cccnc1O[C@H]1CC[C@H](C#N)CC1. The van der Waals surface area contributed by atoms with Crippen LogP contribution in [0.5, 0.6) is 5.88 Å². The highest BCUT2D eigenvalue weighted by Gasteiger charge is 2.22. The van der Waals surface area contributed by atoms with Crippen LogP contribution in [0.15, 0.2) is 18.3 Å². The van der Waals surface area contributed by atoms with E-state index in [0.717, 1.165) is 37.1 Å². The molecule has 1 aromatic heterocycles. The summed E-state index contributed by atoms with van der Waals surface area (Å²) in [6.45, 7) is 2.00. The Morgan fingerprint density at radius 1 is 1.38 bits per heavy atom. The predicted molar refractivity (Wildman–Crippen MR) is 61.0 cm³/mol. The van der Waals surface area contributed by atoms with Gasteiger partial charge in [0.2, 0.25) is 5.88 Å². The van der Waals surface area contributed by atoms with Gasteiger partial charge in [-0.3, -0.25) is 0 Å². The molecule has 84 valence electrons. The number of nitriles is 1. The molecule has 0 amide bonds. The lowest BCUT2D eigenvalue weighted by molar-refractivity contribution is 0.136. The average Bonchev–Trinajstić information content (AvgIpc) is 2.33. The summed E-state index contributed by atoms with van der Waals surface area (Å²) in [6, 6.07) is 6.24. The van der Waals surface area contributed by atoms with E-state index >= 15 is 0 Å². The molecule has 0 unspecified atom stereocenters. The molecule has 1 saturated carbocycles. The lowest BCUT2D eigenvalue weighted by Crippen LogP contribution is -2.24. The summed E-state index contributed by atoms with van der Waals surface area (Å²) in [6.07, 6.45) is 5.82. The van der Waals surface area contributed by atoms with Crippen LogP contribution in [-0.4, -0.2) is 11.1 Å². The molecule has 3 heteroatoms. The number of pyridine rings is 1. The van der Waals surface area contributed by atoms with Crippen LogP contribution in [0.25, 0.3) is 0 Å². The Morgan fingerprint density at radius 3 is 2.75 bits per heavy atom. The number of nitrogens with zero attached hydrogens (tertiary/aromatic N) is 2. The molecule has 1 aliphatic carbocycles. The summed E-state index contributed by atoms with van der Waals surface area (Å²) in [5.74, 6) is 0.965. The van der Waals surface area contributed by atoms with Crippen LogP contribution in [0.2, 0.25) is 0 Å². The third kappa shape index (κ3) is 2.52. The summed E-state index contributed by atoms with van der Waals surface area (Å²) in [4.78, 5) is 4.22. The Morgan fingerprint density at radius 2 is 2.12 bits per heavy atom. The predicted octanol–water partition coefficient (Wildman–Crippen LogP) is 2.85. The molecule has 1 aromatic rings. The van der Waals surface area contributed by atoms with Gasteiger partial charge in [0.05, 0.1) is 6.07 Å². The first-order valence-electron chi connectivity index (χ1n) is 5.77. The number of hydrogen-bond donors (Lipinski definition) is 0. The summed E-state index contributed by atoms with van der Waals surface area (Å²) in [7, 11) is 0. The maximum Gasteiger partial charge on any atom is 0.216 e. The Labute approximate surface area is 96.1 Å². The van der Waals surface area contributed by atoms with Crippen molar-refractivity contribution in [2.45, 2.75) is 38.7 Å². The first-order valence-corrected chi connectivity index (χ1v) is 5.77. The molecular formula is C13H16N2O. The summed E-state index contributed by atoms with van der Waals surface area (Å²) in [5, 5.41) is 8.81. The monoisotopic (exact) mass is 216 g/mol. The van der Waals surface area contributed by atoms with Crippen LogP contribution in [-0.2, 0) is 0 Å². The average molecular weight is 216 g/mol. The summed E-state index contributed by atoms with van der Waals surface area (Å²) in [5.41, 5.74) is 1.07. The highest BCUT2D eigenvalue weighted by atomic mass is 16.5. The van der Waals surface area contributed by atoms with Crippen molar-refractivity contribution in [3.8, 4) is 11.9 Å². The Hall–Kier alpha value is -1.56. The van der Waals surface area contributed by atoms with E-state index in [1.807, 2.05) is 19.1 Å². The third-order valence-electron chi connectivity index (χ3n) is 3.10. The zero-order valence-electron chi connectivity index (χ0n) is 9.52. The largest absolute Gasteiger partial charge is 0.474 e. The van der Waals surface area contributed by atoms with Crippen molar-refractivity contribution < 1.29 is 4.74 Å². The van der Waals surface area contributed by atoms with Crippen LogP contribution in [0.1, 0.15) is 31.2 Å². The first kappa shape index (κ1) is 10.9. The van der Waals surface area contributed by atoms with Crippen molar-refractivity contribution in [3.05, 3.63) is 23.9 Å². The molecule has 0 saturated heterocycles. The highest BCUT2D eigenvalue weighted by Crippen LogP contribution is 2.27. The second-order valence-corrected chi connectivity index (χ2v) is 4.35. The standard InChI is InChI=1S/C13H16N2O/c1-10-3-2-8-15-13(10)16-12-6-4-11(9-14)5-7-12/h2-3,8,11-12H,4-7H2,1H3/t11-,12-. The van der Waals surface area contributed by atoms with Gasteiger partial charge in [0.25, 0.3) is 0 Å². The van der Waals surface area contributed by atoms with Crippen molar-refractivity contribution in [3.63, 3.8) is 0 Å². The van der Waals surface area contributed by atoms with Gasteiger partial charge in [-0.2, -0.15) is 5.26 Å². The minimum atomic E-state index is 0.227. The first-order chi connectivity index (χ1) is 7.79. The molecule has 0 atom stereocenters. The summed E-state index contributed by atoms with van der Waals surface area (Å²) < 4.78 is 5.86. The Bertz CT molecular complexity index is 389. The van der Waals surface area contributed by atoms with Crippen molar-refractivity contribution in [1.82, 2.24) is 4.98 Å². The fraction of sp³-hybridized carbons (Fsp3) is 0.538. The highest BCUT2D eigenvalue weighted by molar-refractivity contribution is 5.23. The Kier molecular flexibility index (Phi) is 3.40. The normalized spacial score (nSPS) is 24.8. The maximum absolute atomic E-state index is 8.81. The molecule has 1 aliphatic rings. The van der Waals surface area contributed by atoms with Gasteiger partial charge in [-0.15, -0.1) is 0 Å². The van der Waals surface area contributed by atoms with Gasteiger partial charge in [0.1, 0.15) is 6.10 Å².